The van der Waals surface area contributed by atoms with Crippen LogP contribution in [-0.2, 0) is 11.3 Å². The molecule has 1 N–H and O–H groups in total. The van der Waals surface area contributed by atoms with E-state index in [2.05, 4.69) is 34.6 Å². The molecule has 1 aromatic heterocycles. The maximum Gasteiger partial charge on any atom is 0.154 e. The van der Waals surface area contributed by atoms with Crippen LogP contribution in [0.5, 0.6) is 0 Å². The molecule has 0 spiro atoms. The fourth-order valence-electron chi connectivity index (χ4n) is 1.50. The number of methoxy groups -OCH3 is 1. The van der Waals surface area contributed by atoms with Gasteiger partial charge < -0.3 is 10.1 Å². The fourth-order valence-corrected chi connectivity index (χ4v) is 3.21. The average molecular weight is 280 g/mol. The van der Waals surface area contributed by atoms with Crippen LogP contribution in [0, 0.1) is 0 Å². The Kier molecular flexibility index (Phi) is 5.67. The Labute approximate surface area is 116 Å². The van der Waals surface area contributed by atoms with E-state index in [-0.39, 0.29) is 0 Å². The molecule has 3 nitrogen and oxygen atoms in total. The van der Waals surface area contributed by atoms with E-state index in [0.29, 0.717) is 0 Å². The highest BCUT2D eigenvalue weighted by Gasteiger charge is 2.05. The third kappa shape index (κ3) is 4.10. The highest BCUT2D eigenvalue weighted by atomic mass is 32.2. The van der Waals surface area contributed by atoms with Gasteiger partial charge in [-0.3, -0.25) is 0 Å². The van der Waals surface area contributed by atoms with Gasteiger partial charge >= 0.3 is 0 Å². The van der Waals surface area contributed by atoms with E-state index in [4.69, 9.17) is 4.74 Å². The van der Waals surface area contributed by atoms with E-state index in [9.17, 15) is 0 Å². The van der Waals surface area contributed by atoms with Crippen molar-refractivity contribution in [3.05, 3.63) is 41.4 Å². The van der Waals surface area contributed by atoms with Crippen LogP contribution >= 0.6 is 23.1 Å². The molecule has 2 rings (SSSR count). The second-order valence-electron chi connectivity index (χ2n) is 3.68. The normalized spacial score (nSPS) is 10.7. The van der Waals surface area contributed by atoms with E-state index in [0.717, 1.165) is 24.0 Å². The first-order valence-corrected chi connectivity index (χ1v) is 7.44. The van der Waals surface area contributed by atoms with Crippen LogP contribution in [0.3, 0.4) is 0 Å². The first kappa shape index (κ1) is 13.5. The molecule has 0 saturated heterocycles. The van der Waals surface area contributed by atoms with Crippen molar-refractivity contribution in [2.24, 2.45) is 0 Å². The number of nitrogens with zero attached hydrogens (tertiary/aromatic N) is 1. The molecule has 96 valence electrons. The van der Waals surface area contributed by atoms with Crippen LogP contribution in [0.4, 0.5) is 0 Å². The maximum absolute atomic E-state index is 5.02. The lowest BCUT2D eigenvalue weighted by molar-refractivity contribution is 0.199. The van der Waals surface area contributed by atoms with Crippen LogP contribution in [0.15, 0.2) is 45.1 Å². The Hall–Kier alpha value is -0.880. The fraction of sp³-hybridized carbons (Fsp3) is 0.308. The van der Waals surface area contributed by atoms with Gasteiger partial charge in [-0.15, -0.1) is 11.3 Å². The second kappa shape index (κ2) is 7.53. The zero-order valence-corrected chi connectivity index (χ0v) is 11.9. The summed E-state index contributed by atoms with van der Waals surface area (Å²) in [6, 6.07) is 8.42. The summed E-state index contributed by atoms with van der Waals surface area (Å²) in [5.74, 6) is 0. The number of benzene rings is 1. The summed E-state index contributed by atoms with van der Waals surface area (Å²) in [5.41, 5.74) is 1.30. The minimum absolute atomic E-state index is 0.738. The standard InChI is InChI=1S/C13H16N2OS2/c1-16-8-6-14-10-11-4-2-3-5-12(11)18-13-15-7-9-17-13/h2-5,7,9,14H,6,8,10H2,1H3. The first-order valence-electron chi connectivity index (χ1n) is 5.75. The third-order valence-electron chi connectivity index (χ3n) is 2.38. The van der Waals surface area contributed by atoms with Crippen molar-refractivity contribution in [1.82, 2.24) is 10.3 Å². The number of nitrogens with one attached hydrogen (secondary N) is 1. The van der Waals surface area contributed by atoms with Crippen molar-refractivity contribution in [2.75, 3.05) is 20.3 Å². The lowest BCUT2D eigenvalue weighted by atomic mass is 10.2. The first-order chi connectivity index (χ1) is 8.90. The molecule has 0 fully saturated rings. The number of aromatic nitrogens is 1. The van der Waals surface area contributed by atoms with E-state index in [1.807, 2.05) is 11.6 Å². The molecule has 0 unspecified atom stereocenters. The Balaban J connectivity index is 1.97. The van der Waals surface area contributed by atoms with E-state index >= 15 is 0 Å². The Morgan fingerprint density at radius 1 is 1.39 bits per heavy atom. The summed E-state index contributed by atoms with van der Waals surface area (Å²) in [4.78, 5) is 5.56. The quantitative estimate of drug-likeness (QED) is 0.791. The largest absolute Gasteiger partial charge is 0.383 e. The van der Waals surface area contributed by atoms with Crippen molar-refractivity contribution in [3.8, 4) is 0 Å². The molecular formula is C13H16N2OS2. The minimum atomic E-state index is 0.738. The molecule has 2 aromatic rings. The molecular weight excluding hydrogens is 264 g/mol. The Morgan fingerprint density at radius 2 is 2.28 bits per heavy atom. The van der Waals surface area contributed by atoms with Crippen LogP contribution < -0.4 is 5.32 Å². The highest BCUT2D eigenvalue weighted by Crippen LogP contribution is 2.31. The summed E-state index contributed by atoms with van der Waals surface area (Å²) in [6.07, 6.45) is 1.84. The van der Waals surface area contributed by atoms with E-state index < -0.39 is 0 Å². The summed E-state index contributed by atoms with van der Waals surface area (Å²) in [6.45, 7) is 2.46. The molecule has 1 heterocycles. The minimum Gasteiger partial charge on any atom is -0.383 e. The molecule has 0 amide bonds. The molecule has 0 aliphatic carbocycles. The van der Waals surface area contributed by atoms with Crippen molar-refractivity contribution in [2.45, 2.75) is 15.8 Å². The molecule has 0 aliphatic heterocycles. The predicted octanol–water partition coefficient (Wildman–Crippen LogP) is 3.03. The number of rotatable bonds is 7. The molecule has 0 atom stereocenters. The van der Waals surface area contributed by atoms with Crippen molar-refractivity contribution < 1.29 is 4.74 Å². The monoisotopic (exact) mass is 280 g/mol. The van der Waals surface area contributed by atoms with Crippen LogP contribution in [-0.4, -0.2) is 25.2 Å². The summed E-state index contributed by atoms with van der Waals surface area (Å²) >= 11 is 3.39. The van der Waals surface area contributed by atoms with E-state index in [1.165, 1.54) is 10.5 Å². The van der Waals surface area contributed by atoms with Gasteiger partial charge in [0.15, 0.2) is 4.34 Å². The van der Waals surface area contributed by atoms with Crippen molar-refractivity contribution >= 4 is 23.1 Å². The smallest absolute Gasteiger partial charge is 0.154 e. The van der Waals surface area contributed by atoms with Crippen LogP contribution in [0.25, 0.3) is 0 Å². The lowest BCUT2D eigenvalue weighted by Crippen LogP contribution is -2.18. The molecule has 1 aromatic carbocycles. The van der Waals surface area contributed by atoms with Gasteiger partial charge in [-0.05, 0) is 11.6 Å². The highest BCUT2D eigenvalue weighted by molar-refractivity contribution is 8.01. The summed E-state index contributed by atoms with van der Waals surface area (Å²) in [7, 11) is 1.72. The van der Waals surface area contributed by atoms with Crippen LogP contribution in [0.1, 0.15) is 5.56 Å². The zero-order chi connectivity index (χ0) is 12.6. The van der Waals surface area contributed by atoms with Gasteiger partial charge in [0, 0.05) is 36.7 Å². The second-order valence-corrected chi connectivity index (χ2v) is 5.86. The van der Waals surface area contributed by atoms with Crippen molar-refractivity contribution in [1.29, 1.82) is 0 Å². The van der Waals surface area contributed by atoms with Gasteiger partial charge in [0.1, 0.15) is 0 Å². The Morgan fingerprint density at radius 3 is 3.06 bits per heavy atom. The Bertz CT molecular complexity index is 460. The molecule has 0 aliphatic rings. The summed E-state index contributed by atoms with van der Waals surface area (Å²) in [5, 5.41) is 5.37. The predicted molar refractivity (Wildman–Crippen MR) is 76.3 cm³/mol. The van der Waals surface area contributed by atoms with Gasteiger partial charge in [-0.25, -0.2) is 4.98 Å². The van der Waals surface area contributed by atoms with E-state index in [1.54, 1.807) is 30.2 Å². The average Bonchev–Trinajstić information content (AvgIpc) is 2.89. The number of ether oxygens (including phenoxy) is 1. The maximum atomic E-state index is 5.02. The molecule has 0 saturated carbocycles. The lowest BCUT2D eigenvalue weighted by Gasteiger charge is -2.08. The molecule has 0 radical (unpaired) electrons. The topological polar surface area (TPSA) is 34.1 Å². The van der Waals surface area contributed by atoms with Gasteiger partial charge in [0.05, 0.1) is 6.61 Å². The molecule has 18 heavy (non-hydrogen) atoms. The molecule has 5 heteroatoms. The van der Waals surface area contributed by atoms with Gasteiger partial charge in [0.2, 0.25) is 0 Å². The SMILES string of the molecule is COCCNCc1ccccc1Sc1nccs1. The molecule has 0 bridgehead atoms. The summed E-state index contributed by atoms with van der Waals surface area (Å²) < 4.78 is 6.10. The van der Waals surface area contributed by atoms with Gasteiger partial charge in [-0.2, -0.15) is 0 Å². The third-order valence-corrected chi connectivity index (χ3v) is 4.38. The van der Waals surface area contributed by atoms with Gasteiger partial charge in [0.25, 0.3) is 0 Å². The zero-order valence-electron chi connectivity index (χ0n) is 10.3. The van der Waals surface area contributed by atoms with Crippen molar-refractivity contribution in [3.63, 3.8) is 0 Å². The van der Waals surface area contributed by atoms with Crippen LogP contribution in [0.2, 0.25) is 0 Å². The number of hydrogen-bond donors (Lipinski definition) is 1. The number of hydrogen-bond acceptors (Lipinski definition) is 5. The van der Waals surface area contributed by atoms with Gasteiger partial charge in [-0.1, -0.05) is 30.0 Å². The number of thiazole rings is 1.